The van der Waals surface area contributed by atoms with Gasteiger partial charge in [0.15, 0.2) is 5.82 Å². The van der Waals surface area contributed by atoms with Gasteiger partial charge in [-0.1, -0.05) is 54.6 Å². The second kappa shape index (κ2) is 5.92. The first-order chi connectivity index (χ1) is 11.8. The smallest absolute Gasteiger partial charge is 0.287 e. The van der Waals surface area contributed by atoms with E-state index in [0.29, 0.717) is 11.5 Å². The maximum atomic E-state index is 9.91. The summed E-state index contributed by atoms with van der Waals surface area (Å²) in [6.45, 7) is 0. The highest BCUT2D eigenvalue weighted by Gasteiger charge is 2.06. The molecule has 116 valence electrons. The quantitative estimate of drug-likeness (QED) is 0.535. The van der Waals surface area contributed by atoms with Crippen LogP contribution in [-0.2, 0) is 0 Å². The number of nitrogens with one attached hydrogen (secondary N) is 1. The number of phenols is 1. The van der Waals surface area contributed by atoms with Crippen molar-refractivity contribution in [2.75, 3.05) is 0 Å². The summed E-state index contributed by atoms with van der Waals surface area (Å²) in [4.78, 5) is 4.32. The van der Waals surface area contributed by atoms with Crippen LogP contribution in [0.5, 0.6) is 5.75 Å². The first kappa shape index (κ1) is 14.1. The molecule has 0 aliphatic heterocycles. The Balaban J connectivity index is 1.67. The fourth-order valence-electron chi connectivity index (χ4n) is 2.48. The van der Waals surface area contributed by atoms with E-state index in [9.17, 15) is 5.11 Å². The van der Waals surface area contributed by atoms with Crippen molar-refractivity contribution in [3.05, 3.63) is 66.7 Å². The minimum absolute atomic E-state index is 0.216. The van der Waals surface area contributed by atoms with Gasteiger partial charge in [0, 0.05) is 16.3 Å². The molecule has 0 radical (unpaired) electrons. The maximum absolute atomic E-state index is 9.91. The summed E-state index contributed by atoms with van der Waals surface area (Å²) < 4.78 is 0. The molecule has 0 aliphatic rings. The average Bonchev–Trinajstić information content (AvgIpc) is 3.11. The van der Waals surface area contributed by atoms with Crippen LogP contribution in [0.3, 0.4) is 0 Å². The Labute approximate surface area is 137 Å². The fraction of sp³-hybridized carbons (Fsp3) is 0. The van der Waals surface area contributed by atoms with Crippen molar-refractivity contribution in [3.63, 3.8) is 0 Å². The molecule has 0 atom stereocenters. The average molecular weight is 315 g/mol. The van der Waals surface area contributed by atoms with Crippen molar-refractivity contribution in [2.24, 2.45) is 10.2 Å². The summed E-state index contributed by atoms with van der Waals surface area (Å²) in [7, 11) is 0. The third-order valence-electron chi connectivity index (χ3n) is 3.65. The molecular weight excluding hydrogens is 302 g/mol. The molecule has 24 heavy (non-hydrogen) atoms. The Hall–Kier alpha value is -3.54. The van der Waals surface area contributed by atoms with Crippen molar-refractivity contribution in [1.29, 1.82) is 0 Å². The zero-order chi connectivity index (χ0) is 16.4. The van der Waals surface area contributed by atoms with Gasteiger partial charge in [0.05, 0.1) is 5.69 Å². The van der Waals surface area contributed by atoms with Crippen molar-refractivity contribution in [1.82, 2.24) is 15.2 Å². The Morgan fingerprint density at radius 1 is 0.792 bits per heavy atom. The van der Waals surface area contributed by atoms with Gasteiger partial charge in [-0.15, -0.1) is 15.3 Å². The number of benzene rings is 3. The zero-order valence-corrected chi connectivity index (χ0v) is 12.6. The SMILES string of the molecule is Oc1ccc(N=Nc2n[nH]c(-c3ccccc3)n2)c2ccccc12. The second-order valence-electron chi connectivity index (χ2n) is 5.20. The number of hydrogen-bond acceptors (Lipinski definition) is 5. The number of azo groups is 1. The van der Waals surface area contributed by atoms with Gasteiger partial charge in [-0.3, -0.25) is 5.10 Å². The summed E-state index contributed by atoms with van der Waals surface area (Å²) in [5.41, 5.74) is 1.58. The highest BCUT2D eigenvalue weighted by atomic mass is 16.3. The second-order valence-corrected chi connectivity index (χ2v) is 5.20. The van der Waals surface area contributed by atoms with Gasteiger partial charge >= 0.3 is 0 Å². The van der Waals surface area contributed by atoms with Gasteiger partial charge in [-0.25, -0.2) is 0 Å². The summed E-state index contributed by atoms with van der Waals surface area (Å²) in [6, 6.07) is 20.5. The number of phenolic OH excluding ortho intramolecular Hbond substituents is 1. The maximum Gasteiger partial charge on any atom is 0.287 e. The van der Waals surface area contributed by atoms with Crippen LogP contribution in [0.1, 0.15) is 0 Å². The zero-order valence-electron chi connectivity index (χ0n) is 12.6. The Bertz CT molecular complexity index is 1020. The summed E-state index contributed by atoms with van der Waals surface area (Å²) in [5, 5.41) is 26.7. The van der Waals surface area contributed by atoms with E-state index in [-0.39, 0.29) is 11.7 Å². The standard InChI is InChI=1S/C18H13N5O/c24-16-11-10-15(13-8-4-5-9-14(13)16)20-22-18-19-17(21-23-18)12-6-2-1-3-7-12/h1-11,24H,(H,19,21,23). The molecular formula is C18H13N5O. The highest BCUT2D eigenvalue weighted by molar-refractivity contribution is 5.96. The highest BCUT2D eigenvalue weighted by Crippen LogP contribution is 2.33. The Morgan fingerprint density at radius 3 is 2.38 bits per heavy atom. The van der Waals surface area contributed by atoms with E-state index in [2.05, 4.69) is 25.4 Å². The molecule has 6 nitrogen and oxygen atoms in total. The number of rotatable bonds is 3. The van der Waals surface area contributed by atoms with E-state index in [1.165, 1.54) is 0 Å². The number of aromatic nitrogens is 3. The van der Waals surface area contributed by atoms with E-state index in [0.717, 1.165) is 16.3 Å². The Morgan fingerprint density at radius 2 is 1.54 bits per heavy atom. The van der Waals surface area contributed by atoms with E-state index in [4.69, 9.17) is 0 Å². The monoisotopic (exact) mass is 315 g/mol. The molecule has 0 bridgehead atoms. The lowest BCUT2D eigenvalue weighted by molar-refractivity contribution is 0.481. The number of fused-ring (bicyclic) bond motifs is 1. The van der Waals surface area contributed by atoms with E-state index in [1.54, 1.807) is 12.1 Å². The van der Waals surface area contributed by atoms with E-state index >= 15 is 0 Å². The molecule has 2 N–H and O–H groups in total. The third-order valence-corrected chi connectivity index (χ3v) is 3.65. The molecule has 0 spiro atoms. The largest absolute Gasteiger partial charge is 0.507 e. The fourth-order valence-corrected chi connectivity index (χ4v) is 2.48. The summed E-state index contributed by atoms with van der Waals surface area (Å²) in [5.74, 6) is 1.11. The van der Waals surface area contributed by atoms with Crippen LogP contribution >= 0.6 is 0 Å². The molecule has 0 saturated carbocycles. The molecule has 4 rings (SSSR count). The van der Waals surface area contributed by atoms with Gasteiger partial charge in [0.25, 0.3) is 5.95 Å². The van der Waals surface area contributed by atoms with Crippen LogP contribution < -0.4 is 0 Å². The number of nitrogens with zero attached hydrogens (tertiary/aromatic N) is 4. The first-order valence-electron chi connectivity index (χ1n) is 7.41. The first-order valence-corrected chi connectivity index (χ1v) is 7.41. The molecule has 4 aromatic rings. The predicted octanol–water partition coefficient (Wildman–Crippen LogP) is 4.75. The lowest BCUT2D eigenvalue weighted by Crippen LogP contribution is -1.78. The molecule has 6 heteroatoms. The van der Waals surface area contributed by atoms with Crippen LogP contribution in [0.25, 0.3) is 22.2 Å². The van der Waals surface area contributed by atoms with Gasteiger partial charge < -0.3 is 5.11 Å². The van der Waals surface area contributed by atoms with Gasteiger partial charge in [0.1, 0.15) is 5.75 Å². The van der Waals surface area contributed by atoms with Gasteiger partial charge in [-0.05, 0) is 12.1 Å². The van der Waals surface area contributed by atoms with E-state index in [1.807, 2.05) is 54.6 Å². The minimum atomic E-state index is 0.216. The molecule has 0 amide bonds. The van der Waals surface area contributed by atoms with Crippen LogP contribution in [-0.4, -0.2) is 20.3 Å². The van der Waals surface area contributed by atoms with Crippen LogP contribution in [0, 0.1) is 0 Å². The van der Waals surface area contributed by atoms with Crippen LogP contribution in [0.2, 0.25) is 0 Å². The number of aromatic amines is 1. The van der Waals surface area contributed by atoms with Crippen molar-refractivity contribution in [2.45, 2.75) is 0 Å². The molecule has 0 aliphatic carbocycles. The predicted molar refractivity (Wildman–Crippen MR) is 91.6 cm³/mol. The van der Waals surface area contributed by atoms with Gasteiger partial charge in [-0.2, -0.15) is 4.98 Å². The van der Waals surface area contributed by atoms with Gasteiger partial charge in [0.2, 0.25) is 0 Å². The molecule has 1 heterocycles. The lowest BCUT2D eigenvalue weighted by Gasteiger charge is -2.02. The topological polar surface area (TPSA) is 86.5 Å². The number of aromatic hydroxyl groups is 1. The molecule has 0 saturated heterocycles. The third kappa shape index (κ3) is 2.61. The Kier molecular flexibility index (Phi) is 3.47. The molecule has 0 fully saturated rings. The summed E-state index contributed by atoms with van der Waals surface area (Å²) >= 11 is 0. The van der Waals surface area contributed by atoms with Crippen molar-refractivity contribution < 1.29 is 5.11 Å². The molecule has 0 unspecified atom stereocenters. The van der Waals surface area contributed by atoms with Crippen LogP contribution in [0.4, 0.5) is 11.6 Å². The van der Waals surface area contributed by atoms with Crippen molar-refractivity contribution in [3.8, 4) is 17.1 Å². The minimum Gasteiger partial charge on any atom is -0.507 e. The van der Waals surface area contributed by atoms with E-state index < -0.39 is 0 Å². The number of H-pyrrole nitrogens is 1. The molecule has 3 aromatic carbocycles. The summed E-state index contributed by atoms with van der Waals surface area (Å²) in [6.07, 6.45) is 0. The van der Waals surface area contributed by atoms with Crippen molar-refractivity contribution >= 4 is 22.4 Å². The molecule has 1 aromatic heterocycles. The van der Waals surface area contributed by atoms with Crippen LogP contribution in [0.15, 0.2) is 77.0 Å². The normalized spacial score (nSPS) is 11.3. The number of hydrogen-bond donors (Lipinski definition) is 2. The lowest BCUT2D eigenvalue weighted by atomic mass is 10.1.